The summed E-state index contributed by atoms with van der Waals surface area (Å²) in [6, 6.07) is -0.444. The summed E-state index contributed by atoms with van der Waals surface area (Å²) >= 11 is 0. The van der Waals surface area contributed by atoms with Crippen molar-refractivity contribution < 1.29 is 14.4 Å². The summed E-state index contributed by atoms with van der Waals surface area (Å²) in [6.45, 7) is 4.59. The summed E-state index contributed by atoms with van der Waals surface area (Å²) in [5.74, 6) is -0.271. The van der Waals surface area contributed by atoms with Crippen LogP contribution in [-0.4, -0.2) is 54.0 Å². The molecule has 7 heteroatoms. The molecule has 3 N–H and O–H groups in total. The third-order valence-corrected chi connectivity index (χ3v) is 4.08. The SMILES string of the molecule is CNC(C)(C)C(=O)N1CCC2(CC1)NC(=O)NC2=O. The van der Waals surface area contributed by atoms with Gasteiger partial charge in [0, 0.05) is 13.1 Å². The van der Waals surface area contributed by atoms with Gasteiger partial charge < -0.3 is 15.5 Å². The predicted molar refractivity (Wildman–Crippen MR) is 68.4 cm³/mol. The number of carbonyl (C=O) groups is 3. The number of rotatable bonds is 2. The Morgan fingerprint density at radius 2 is 1.89 bits per heavy atom. The molecule has 2 rings (SSSR count). The van der Waals surface area contributed by atoms with Crippen LogP contribution in [0.3, 0.4) is 0 Å². The Hall–Kier alpha value is -1.63. The molecule has 2 heterocycles. The molecule has 1 spiro atoms. The largest absolute Gasteiger partial charge is 0.341 e. The van der Waals surface area contributed by atoms with Crippen molar-refractivity contribution in [1.82, 2.24) is 20.9 Å². The zero-order valence-electron chi connectivity index (χ0n) is 11.5. The second-order valence-electron chi connectivity index (χ2n) is 5.66. The highest BCUT2D eigenvalue weighted by atomic mass is 16.2. The Morgan fingerprint density at radius 1 is 1.32 bits per heavy atom. The molecule has 0 aromatic rings. The summed E-state index contributed by atoms with van der Waals surface area (Å²) in [5, 5.41) is 7.91. The molecule has 106 valence electrons. The molecular formula is C12H20N4O3. The third kappa shape index (κ3) is 2.30. The Bertz CT molecular complexity index is 425. The minimum atomic E-state index is -0.822. The maximum absolute atomic E-state index is 12.3. The lowest BCUT2D eigenvalue weighted by molar-refractivity contribution is -0.140. The zero-order valence-corrected chi connectivity index (χ0v) is 11.5. The molecule has 4 amide bonds. The van der Waals surface area contributed by atoms with Gasteiger partial charge in [0.05, 0.1) is 5.54 Å². The van der Waals surface area contributed by atoms with Gasteiger partial charge in [-0.15, -0.1) is 0 Å². The Morgan fingerprint density at radius 3 is 2.32 bits per heavy atom. The van der Waals surface area contributed by atoms with Crippen molar-refractivity contribution in [2.45, 2.75) is 37.8 Å². The fourth-order valence-electron chi connectivity index (χ4n) is 2.47. The molecule has 19 heavy (non-hydrogen) atoms. The van der Waals surface area contributed by atoms with Gasteiger partial charge in [-0.3, -0.25) is 14.9 Å². The number of imide groups is 1. The molecule has 0 aromatic heterocycles. The molecular weight excluding hydrogens is 248 g/mol. The second kappa shape index (κ2) is 4.48. The lowest BCUT2D eigenvalue weighted by atomic mass is 9.87. The molecule has 0 aromatic carbocycles. The van der Waals surface area contributed by atoms with Gasteiger partial charge in [-0.2, -0.15) is 0 Å². The van der Waals surface area contributed by atoms with E-state index in [0.29, 0.717) is 25.9 Å². The van der Waals surface area contributed by atoms with Crippen LogP contribution < -0.4 is 16.0 Å². The van der Waals surface area contributed by atoms with Gasteiger partial charge in [-0.1, -0.05) is 0 Å². The van der Waals surface area contributed by atoms with Gasteiger partial charge in [0.15, 0.2) is 0 Å². The van der Waals surface area contributed by atoms with Crippen molar-refractivity contribution >= 4 is 17.8 Å². The first-order chi connectivity index (χ1) is 8.81. The molecule has 0 radical (unpaired) electrons. The van der Waals surface area contributed by atoms with E-state index >= 15 is 0 Å². The van der Waals surface area contributed by atoms with Gasteiger partial charge in [0.2, 0.25) is 5.91 Å². The van der Waals surface area contributed by atoms with Crippen molar-refractivity contribution in [2.75, 3.05) is 20.1 Å². The van der Waals surface area contributed by atoms with Crippen molar-refractivity contribution in [2.24, 2.45) is 0 Å². The molecule has 0 unspecified atom stereocenters. The van der Waals surface area contributed by atoms with E-state index in [1.165, 1.54) is 0 Å². The molecule has 2 aliphatic heterocycles. The minimum absolute atomic E-state index is 0.00887. The average Bonchev–Trinajstić information content (AvgIpc) is 2.64. The second-order valence-corrected chi connectivity index (χ2v) is 5.66. The first-order valence-electron chi connectivity index (χ1n) is 6.43. The third-order valence-electron chi connectivity index (χ3n) is 4.08. The molecule has 2 aliphatic rings. The Labute approximate surface area is 112 Å². The van der Waals surface area contributed by atoms with Gasteiger partial charge in [0.1, 0.15) is 5.54 Å². The zero-order chi connectivity index (χ0) is 14.3. The monoisotopic (exact) mass is 268 g/mol. The van der Waals surface area contributed by atoms with Crippen molar-refractivity contribution in [1.29, 1.82) is 0 Å². The highest BCUT2D eigenvalue weighted by molar-refractivity contribution is 6.07. The number of urea groups is 1. The van der Waals surface area contributed by atoms with E-state index in [0.717, 1.165) is 0 Å². The van der Waals surface area contributed by atoms with Crippen molar-refractivity contribution in [3.05, 3.63) is 0 Å². The van der Waals surface area contributed by atoms with Crippen LogP contribution in [0.15, 0.2) is 0 Å². The number of piperidine rings is 1. The number of likely N-dealkylation sites (tertiary alicyclic amines) is 1. The van der Waals surface area contributed by atoms with Crippen LogP contribution in [0.25, 0.3) is 0 Å². The maximum Gasteiger partial charge on any atom is 0.322 e. The number of amides is 4. The van der Waals surface area contributed by atoms with E-state index < -0.39 is 17.1 Å². The number of carbonyl (C=O) groups excluding carboxylic acids is 3. The number of hydrogen-bond donors (Lipinski definition) is 3. The molecule has 0 saturated carbocycles. The van der Waals surface area contributed by atoms with E-state index in [1.54, 1.807) is 11.9 Å². The standard InChI is InChI=1S/C12H20N4O3/c1-11(2,13-3)9(18)16-6-4-12(5-7-16)8(17)14-10(19)15-12/h13H,4-7H2,1-3H3,(H2,14,15,17,19). The number of likely N-dealkylation sites (N-methyl/N-ethyl adjacent to an activating group) is 1. The van der Waals surface area contributed by atoms with E-state index in [4.69, 9.17) is 0 Å². The summed E-state index contributed by atoms with van der Waals surface area (Å²) in [6.07, 6.45) is 0.909. The summed E-state index contributed by atoms with van der Waals surface area (Å²) in [5.41, 5.74) is -1.44. The summed E-state index contributed by atoms with van der Waals surface area (Å²) in [4.78, 5) is 37.0. The molecule has 7 nitrogen and oxygen atoms in total. The van der Waals surface area contributed by atoms with Crippen LogP contribution in [0, 0.1) is 0 Å². The van der Waals surface area contributed by atoms with Crippen molar-refractivity contribution in [3.8, 4) is 0 Å². The fraction of sp³-hybridized carbons (Fsp3) is 0.750. The van der Waals surface area contributed by atoms with Crippen LogP contribution in [-0.2, 0) is 9.59 Å². The van der Waals surface area contributed by atoms with Crippen molar-refractivity contribution in [3.63, 3.8) is 0 Å². The van der Waals surface area contributed by atoms with Gasteiger partial charge >= 0.3 is 6.03 Å². The highest BCUT2D eigenvalue weighted by Crippen LogP contribution is 2.26. The van der Waals surface area contributed by atoms with E-state index in [1.807, 2.05) is 13.8 Å². The fourth-order valence-corrected chi connectivity index (χ4v) is 2.47. The first-order valence-corrected chi connectivity index (χ1v) is 6.43. The maximum atomic E-state index is 12.3. The van der Waals surface area contributed by atoms with Crippen LogP contribution >= 0.6 is 0 Å². The number of nitrogens with zero attached hydrogens (tertiary/aromatic N) is 1. The summed E-state index contributed by atoms with van der Waals surface area (Å²) < 4.78 is 0. The van der Waals surface area contributed by atoms with E-state index in [2.05, 4.69) is 16.0 Å². The van der Waals surface area contributed by atoms with Crippen LogP contribution in [0.1, 0.15) is 26.7 Å². The van der Waals surface area contributed by atoms with Gasteiger partial charge in [-0.25, -0.2) is 4.79 Å². The molecule has 2 saturated heterocycles. The Kier molecular flexibility index (Phi) is 3.25. The quantitative estimate of drug-likeness (QED) is 0.571. The lowest BCUT2D eigenvalue weighted by Gasteiger charge is -2.40. The normalized spacial score (nSPS) is 22.4. The predicted octanol–water partition coefficient (Wildman–Crippen LogP) is -0.815. The molecule has 0 aliphatic carbocycles. The molecule has 2 fully saturated rings. The molecule has 0 atom stereocenters. The minimum Gasteiger partial charge on any atom is -0.341 e. The number of hydrogen-bond acceptors (Lipinski definition) is 4. The topological polar surface area (TPSA) is 90.5 Å². The van der Waals surface area contributed by atoms with Crippen LogP contribution in [0.5, 0.6) is 0 Å². The van der Waals surface area contributed by atoms with E-state index in [-0.39, 0.29) is 11.8 Å². The molecule has 0 bridgehead atoms. The van der Waals surface area contributed by atoms with Crippen LogP contribution in [0.4, 0.5) is 4.79 Å². The van der Waals surface area contributed by atoms with E-state index in [9.17, 15) is 14.4 Å². The van der Waals surface area contributed by atoms with Gasteiger partial charge in [0.25, 0.3) is 5.91 Å². The highest BCUT2D eigenvalue weighted by Gasteiger charge is 2.49. The average molecular weight is 268 g/mol. The first kappa shape index (κ1) is 13.8. The van der Waals surface area contributed by atoms with Crippen LogP contribution in [0.2, 0.25) is 0 Å². The van der Waals surface area contributed by atoms with Gasteiger partial charge in [-0.05, 0) is 33.7 Å². The Balaban J connectivity index is 2.02. The summed E-state index contributed by atoms with van der Waals surface area (Å²) in [7, 11) is 1.74. The smallest absolute Gasteiger partial charge is 0.322 e. The number of nitrogens with one attached hydrogen (secondary N) is 3. The lowest BCUT2D eigenvalue weighted by Crippen LogP contribution is -2.60.